The van der Waals surface area contributed by atoms with E-state index in [0.717, 1.165) is 40.9 Å². The van der Waals surface area contributed by atoms with Crippen molar-refractivity contribution in [2.45, 2.75) is 64.5 Å². The fourth-order valence-corrected chi connectivity index (χ4v) is 4.81. The number of imide groups is 1. The quantitative estimate of drug-likeness (QED) is 0.585. The molecule has 2 unspecified atom stereocenters. The van der Waals surface area contributed by atoms with Crippen LogP contribution >= 0.6 is 11.6 Å². The molecule has 1 aliphatic heterocycles. The summed E-state index contributed by atoms with van der Waals surface area (Å²) in [5.41, 5.74) is 3.99. The lowest BCUT2D eigenvalue weighted by Gasteiger charge is -2.24. The molecule has 1 saturated heterocycles. The molecule has 3 amide bonds. The van der Waals surface area contributed by atoms with Gasteiger partial charge in [-0.25, -0.2) is 4.79 Å². The number of urea groups is 1. The van der Waals surface area contributed by atoms with Crippen molar-refractivity contribution in [1.82, 2.24) is 10.2 Å². The van der Waals surface area contributed by atoms with Crippen molar-refractivity contribution in [3.8, 4) is 5.75 Å². The van der Waals surface area contributed by atoms with Gasteiger partial charge < -0.3 is 15.2 Å². The van der Waals surface area contributed by atoms with E-state index in [9.17, 15) is 14.7 Å². The monoisotopic (exact) mass is 470 g/mol. The van der Waals surface area contributed by atoms with Crippen molar-refractivity contribution in [3.05, 3.63) is 63.2 Å². The molecule has 1 aliphatic carbocycles. The Bertz CT molecular complexity index is 1100. The van der Waals surface area contributed by atoms with Crippen LogP contribution in [-0.4, -0.2) is 41.2 Å². The first kappa shape index (κ1) is 23.6. The summed E-state index contributed by atoms with van der Waals surface area (Å²) in [7, 11) is 0. The lowest BCUT2D eigenvalue weighted by Crippen LogP contribution is -2.42. The molecule has 2 atom stereocenters. The zero-order chi connectivity index (χ0) is 23.9. The predicted molar refractivity (Wildman–Crippen MR) is 128 cm³/mol. The van der Waals surface area contributed by atoms with Gasteiger partial charge in [0, 0.05) is 5.02 Å². The highest BCUT2D eigenvalue weighted by Gasteiger charge is 2.49. The second-order valence-corrected chi connectivity index (χ2v) is 9.97. The molecule has 6 nitrogen and oxygen atoms in total. The van der Waals surface area contributed by atoms with Gasteiger partial charge in [0.2, 0.25) is 0 Å². The molecule has 4 rings (SSSR count). The van der Waals surface area contributed by atoms with Crippen LogP contribution < -0.4 is 10.1 Å². The Balaban J connectivity index is 1.45. The van der Waals surface area contributed by atoms with E-state index in [1.807, 2.05) is 51.1 Å². The Kier molecular flexibility index (Phi) is 6.43. The Morgan fingerprint density at radius 1 is 1.18 bits per heavy atom. The molecule has 0 aromatic heterocycles. The summed E-state index contributed by atoms with van der Waals surface area (Å²) in [5.74, 6) is 0.468. The summed E-state index contributed by atoms with van der Waals surface area (Å²) in [5, 5.41) is 14.1. The van der Waals surface area contributed by atoms with Crippen molar-refractivity contribution in [3.63, 3.8) is 0 Å². The molecule has 1 fully saturated rings. The molecule has 7 heteroatoms. The minimum atomic E-state index is -1.15. The lowest BCUT2D eigenvalue weighted by molar-refractivity contribution is -0.132. The van der Waals surface area contributed by atoms with Crippen LogP contribution in [-0.2, 0) is 23.2 Å². The second kappa shape index (κ2) is 8.99. The zero-order valence-corrected chi connectivity index (χ0v) is 20.3. The van der Waals surface area contributed by atoms with Gasteiger partial charge in [0.25, 0.3) is 5.91 Å². The van der Waals surface area contributed by atoms with Crippen LogP contribution in [0.3, 0.4) is 0 Å². The van der Waals surface area contributed by atoms with Crippen LogP contribution in [0.4, 0.5) is 4.79 Å². The SMILES string of the molecule is Cc1cc(OCC(O)CN2C(=O)NC(C)(c3ccc4c(c3)CCC4)C2=O)c(C(C)C)cc1Cl. The Labute approximate surface area is 199 Å². The second-order valence-electron chi connectivity index (χ2n) is 9.57. The zero-order valence-electron chi connectivity index (χ0n) is 19.6. The molecule has 2 aromatic rings. The first-order valence-electron chi connectivity index (χ1n) is 11.5. The van der Waals surface area contributed by atoms with Gasteiger partial charge in [-0.1, -0.05) is 43.6 Å². The highest BCUT2D eigenvalue weighted by molar-refractivity contribution is 6.31. The molecule has 176 valence electrons. The number of β-amino-alcohol motifs (C(OH)–C–C–N with tert-alkyl or cyclic N) is 1. The molecule has 0 saturated carbocycles. The maximum atomic E-state index is 13.2. The number of benzene rings is 2. The summed E-state index contributed by atoms with van der Waals surface area (Å²) in [6.07, 6.45) is 2.12. The first-order valence-corrected chi connectivity index (χ1v) is 11.8. The van der Waals surface area contributed by atoms with E-state index in [4.69, 9.17) is 16.3 Å². The van der Waals surface area contributed by atoms with E-state index in [1.165, 1.54) is 11.1 Å². The molecule has 2 aliphatic rings. The van der Waals surface area contributed by atoms with Crippen molar-refractivity contribution < 1.29 is 19.4 Å². The minimum absolute atomic E-state index is 0.0482. The Morgan fingerprint density at radius 2 is 1.91 bits per heavy atom. The highest BCUT2D eigenvalue weighted by Crippen LogP contribution is 2.34. The van der Waals surface area contributed by atoms with Gasteiger partial charge in [-0.2, -0.15) is 0 Å². The first-order chi connectivity index (χ1) is 15.6. The number of nitrogens with zero attached hydrogens (tertiary/aromatic N) is 1. The van der Waals surface area contributed by atoms with Gasteiger partial charge >= 0.3 is 6.03 Å². The number of carbonyl (C=O) groups excluding carboxylic acids is 2. The van der Waals surface area contributed by atoms with Gasteiger partial charge in [-0.15, -0.1) is 0 Å². The maximum absolute atomic E-state index is 13.2. The third kappa shape index (κ3) is 4.46. The standard InChI is InChI=1S/C26H31ClN2O4/c1-15(2)21-12-22(27)16(3)10-23(21)33-14-20(30)13-29-24(31)26(4,28-25(29)32)19-9-8-17-6-5-7-18(17)11-19/h8-12,15,20,30H,5-7,13-14H2,1-4H3,(H,28,32). The molecule has 0 radical (unpaired) electrons. The van der Waals surface area contributed by atoms with Gasteiger partial charge in [0.1, 0.15) is 24.0 Å². The molecule has 1 heterocycles. The van der Waals surface area contributed by atoms with Crippen molar-refractivity contribution in [2.24, 2.45) is 0 Å². The summed E-state index contributed by atoms with van der Waals surface area (Å²) in [6.45, 7) is 7.50. The van der Waals surface area contributed by atoms with Crippen molar-refractivity contribution in [1.29, 1.82) is 0 Å². The van der Waals surface area contributed by atoms with Crippen molar-refractivity contribution >= 4 is 23.5 Å². The number of aliphatic hydroxyl groups is 1. The number of fused-ring (bicyclic) bond motifs is 1. The summed E-state index contributed by atoms with van der Waals surface area (Å²) >= 11 is 6.25. The number of aliphatic hydroxyl groups excluding tert-OH is 1. The molecule has 33 heavy (non-hydrogen) atoms. The molecule has 2 N–H and O–H groups in total. The van der Waals surface area contributed by atoms with E-state index in [1.54, 1.807) is 6.92 Å². The van der Waals surface area contributed by atoms with Crippen LogP contribution in [0.15, 0.2) is 30.3 Å². The smallest absolute Gasteiger partial charge is 0.325 e. The molecule has 0 spiro atoms. The van der Waals surface area contributed by atoms with Gasteiger partial charge in [-0.3, -0.25) is 9.69 Å². The van der Waals surface area contributed by atoms with Crippen LogP contribution in [0.1, 0.15) is 60.9 Å². The van der Waals surface area contributed by atoms with Crippen LogP contribution in [0.25, 0.3) is 0 Å². The van der Waals surface area contributed by atoms with Crippen LogP contribution in [0.2, 0.25) is 5.02 Å². The summed E-state index contributed by atoms with van der Waals surface area (Å²) in [6, 6.07) is 9.22. The van der Waals surface area contributed by atoms with Crippen molar-refractivity contribution in [2.75, 3.05) is 13.2 Å². The number of rotatable bonds is 7. The van der Waals surface area contributed by atoms with Crippen LogP contribution in [0.5, 0.6) is 5.75 Å². The number of halogens is 1. The van der Waals surface area contributed by atoms with E-state index in [2.05, 4.69) is 5.32 Å². The topological polar surface area (TPSA) is 78.9 Å². The minimum Gasteiger partial charge on any atom is -0.491 e. The van der Waals surface area contributed by atoms with Gasteiger partial charge in [-0.05, 0) is 79.0 Å². The van der Waals surface area contributed by atoms with E-state index in [-0.39, 0.29) is 25.0 Å². The number of ether oxygens (including phenoxy) is 1. The van der Waals surface area contributed by atoms with Gasteiger partial charge in [0.15, 0.2) is 0 Å². The number of hydrogen-bond acceptors (Lipinski definition) is 4. The number of carbonyl (C=O) groups is 2. The molecule has 0 bridgehead atoms. The fourth-order valence-electron chi connectivity index (χ4n) is 4.64. The Hall–Kier alpha value is -2.57. The fraction of sp³-hybridized carbons (Fsp3) is 0.462. The summed E-state index contributed by atoms with van der Waals surface area (Å²) in [4.78, 5) is 27.0. The summed E-state index contributed by atoms with van der Waals surface area (Å²) < 4.78 is 5.89. The van der Waals surface area contributed by atoms with E-state index in [0.29, 0.717) is 10.8 Å². The number of amides is 3. The number of hydrogen-bond donors (Lipinski definition) is 2. The third-order valence-electron chi connectivity index (χ3n) is 6.69. The lowest BCUT2D eigenvalue weighted by atomic mass is 9.89. The average molecular weight is 471 g/mol. The highest BCUT2D eigenvalue weighted by atomic mass is 35.5. The normalized spacial score (nSPS) is 20.9. The third-order valence-corrected chi connectivity index (χ3v) is 7.10. The van der Waals surface area contributed by atoms with E-state index < -0.39 is 17.7 Å². The van der Waals surface area contributed by atoms with E-state index >= 15 is 0 Å². The van der Waals surface area contributed by atoms with Gasteiger partial charge in [0.05, 0.1) is 6.54 Å². The molecule has 2 aromatic carbocycles. The average Bonchev–Trinajstić information content (AvgIpc) is 3.32. The number of aryl methyl sites for hydroxylation is 3. The molecular weight excluding hydrogens is 440 g/mol. The Morgan fingerprint density at radius 3 is 2.64 bits per heavy atom. The number of nitrogens with one attached hydrogen (secondary N) is 1. The maximum Gasteiger partial charge on any atom is 0.325 e. The van der Waals surface area contributed by atoms with Crippen LogP contribution in [0, 0.1) is 6.92 Å². The molecular formula is C26H31ClN2O4. The predicted octanol–water partition coefficient (Wildman–Crippen LogP) is 4.47. The largest absolute Gasteiger partial charge is 0.491 e.